The van der Waals surface area contributed by atoms with Crippen molar-refractivity contribution in [3.8, 4) is 0 Å². The first kappa shape index (κ1) is 14.3. The van der Waals surface area contributed by atoms with E-state index >= 15 is 0 Å². The number of thiophene rings is 1. The lowest BCUT2D eigenvalue weighted by Crippen LogP contribution is -2.22. The number of aromatic nitrogens is 1. The van der Waals surface area contributed by atoms with Crippen molar-refractivity contribution in [2.75, 3.05) is 0 Å². The summed E-state index contributed by atoms with van der Waals surface area (Å²) in [6, 6.07) is 5.80. The largest absolute Gasteiger partial charge is 0.327 e. The molecule has 0 fully saturated rings. The molecule has 2 atom stereocenters. The van der Waals surface area contributed by atoms with Gasteiger partial charge in [-0.15, -0.1) is 11.3 Å². The van der Waals surface area contributed by atoms with Crippen molar-refractivity contribution in [2.45, 2.75) is 23.2 Å². The van der Waals surface area contributed by atoms with Gasteiger partial charge in [0.15, 0.2) is 0 Å². The van der Waals surface area contributed by atoms with Gasteiger partial charge in [-0.25, -0.2) is 4.98 Å². The van der Waals surface area contributed by atoms with E-state index in [0.717, 1.165) is 9.50 Å². The Bertz CT molecular complexity index is 530. The molecule has 0 aromatic carbocycles. The minimum atomic E-state index is 0.0265. The number of nitrogens with zero attached hydrogens (tertiary/aromatic N) is 1. The topological polar surface area (TPSA) is 38.9 Å². The monoisotopic (exact) mass is 362 g/mol. The Kier molecular flexibility index (Phi) is 5.09. The van der Waals surface area contributed by atoms with Crippen molar-refractivity contribution in [3.63, 3.8) is 0 Å². The maximum absolute atomic E-state index is 6.14. The van der Waals surface area contributed by atoms with E-state index in [1.54, 1.807) is 29.3 Å². The molecule has 2 aromatic rings. The molecule has 0 aliphatic heterocycles. The van der Waals surface area contributed by atoms with Crippen LogP contribution in [-0.2, 0) is 0 Å². The molecule has 0 spiro atoms. The second kappa shape index (κ2) is 6.39. The maximum atomic E-state index is 6.14. The van der Waals surface area contributed by atoms with Crippen LogP contribution in [0.1, 0.15) is 17.1 Å². The molecule has 2 nitrogen and oxygen atoms in total. The highest BCUT2D eigenvalue weighted by Crippen LogP contribution is 2.41. The van der Waals surface area contributed by atoms with Gasteiger partial charge in [0.1, 0.15) is 5.03 Å². The first-order chi connectivity index (χ1) is 8.58. The summed E-state index contributed by atoms with van der Waals surface area (Å²) in [7, 11) is 0. The van der Waals surface area contributed by atoms with E-state index in [-0.39, 0.29) is 11.3 Å². The normalized spacial score (nSPS) is 14.4. The highest BCUT2D eigenvalue weighted by molar-refractivity contribution is 9.10. The molecule has 0 bridgehead atoms. The van der Waals surface area contributed by atoms with Crippen LogP contribution in [0.25, 0.3) is 0 Å². The van der Waals surface area contributed by atoms with Crippen molar-refractivity contribution >= 4 is 50.6 Å². The highest BCUT2D eigenvalue weighted by atomic mass is 79.9. The van der Waals surface area contributed by atoms with E-state index in [1.165, 1.54) is 4.88 Å². The molecule has 2 aromatic heterocycles. The Labute approximate surface area is 128 Å². The Morgan fingerprint density at radius 1 is 1.56 bits per heavy atom. The summed E-state index contributed by atoms with van der Waals surface area (Å²) in [6.07, 6.45) is 1.75. The van der Waals surface area contributed by atoms with E-state index in [9.17, 15) is 0 Å². The average Bonchev–Trinajstić information content (AvgIpc) is 2.74. The number of hydrogen-bond donors (Lipinski definition) is 1. The molecule has 2 N–H and O–H groups in total. The van der Waals surface area contributed by atoms with Gasteiger partial charge < -0.3 is 5.73 Å². The summed E-state index contributed by atoms with van der Waals surface area (Å²) < 4.78 is 1.08. The number of nitrogens with two attached hydrogens (primary N) is 1. The van der Waals surface area contributed by atoms with E-state index in [2.05, 4.69) is 32.4 Å². The third-order valence-electron chi connectivity index (χ3n) is 2.31. The zero-order valence-corrected chi connectivity index (χ0v) is 13.6. The van der Waals surface area contributed by atoms with Crippen LogP contribution in [0.4, 0.5) is 0 Å². The van der Waals surface area contributed by atoms with Crippen molar-refractivity contribution in [3.05, 3.63) is 44.1 Å². The molecule has 6 heteroatoms. The molecule has 0 aliphatic rings. The minimum Gasteiger partial charge on any atom is -0.327 e. The van der Waals surface area contributed by atoms with Gasteiger partial charge in [0.05, 0.1) is 10.3 Å². The Morgan fingerprint density at radius 2 is 2.33 bits per heavy atom. The van der Waals surface area contributed by atoms with Gasteiger partial charge in [-0.1, -0.05) is 23.4 Å². The second-order valence-corrected chi connectivity index (χ2v) is 7.25. The summed E-state index contributed by atoms with van der Waals surface area (Å²) >= 11 is 12.9. The van der Waals surface area contributed by atoms with Gasteiger partial charge in [0.25, 0.3) is 0 Å². The number of hydrogen-bond acceptors (Lipinski definition) is 4. The van der Waals surface area contributed by atoms with E-state index < -0.39 is 0 Å². The average molecular weight is 364 g/mol. The lowest BCUT2D eigenvalue weighted by molar-refractivity contribution is 0.728. The molecule has 0 aliphatic carbocycles. The Balaban J connectivity index is 2.25. The molecular weight excluding hydrogens is 352 g/mol. The summed E-state index contributed by atoms with van der Waals surface area (Å²) in [5.41, 5.74) is 6.08. The summed E-state index contributed by atoms with van der Waals surface area (Å²) in [5.74, 6) is 0. The van der Waals surface area contributed by atoms with Crippen LogP contribution in [0.2, 0.25) is 5.02 Å². The van der Waals surface area contributed by atoms with Crippen LogP contribution in [-0.4, -0.2) is 11.0 Å². The van der Waals surface area contributed by atoms with E-state index in [0.29, 0.717) is 5.02 Å². The fraction of sp³-hybridized carbons (Fsp3) is 0.250. The summed E-state index contributed by atoms with van der Waals surface area (Å²) in [5, 5.41) is 3.72. The van der Waals surface area contributed by atoms with Crippen molar-refractivity contribution in [1.29, 1.82) is 0 Å². The zero-order chi connectivity index (χ0) is 13.1. The predicted octanol–water partition coefficient (Wildman–Crippen LogP) is 4.74. The van der Waals surface area contributed by atoms with Gasteiger partial charge in [0.2, 0.25) is 0 Å². The zero-order valence-electron chi connectivity index (χ0n) is 9.64. The fourth-order valence-corrected chi connectivity index (χ4v) is 4.53. The number of rotatable bonds is 4. The molecule has 2 rings (SSSR count). The quantitative estimate of drug-likeness (QED) is 0.797. The van der Waals surface area contributed by atoms with Crippen molar-refractivity contribution in [2.24, 2.45) is 5.73 Å². The molecule has 0 radical (unpaired) electrons. The van der Waals surface area contributed by atoms with Crippen LogP contribution in [0, 0.1) is 0 Å². The standard InChI is InChI=1S/C12H12BrClN2S2/c1-7(15)11(10-5-8(13)6-17-10)18-12-9(14)3-2-4-16-12/h2-7,11H,15H2,1H3. The Hall–Kier alpha value is -0.0700. The van der Waals surface area contributed by atoms with Gasteiger partial charge >= 0.3 is 0 Å². The van der Waals surface area contributed by atoms with E-state index in [1.807, 2.05) is 19.1 Å². The summed E-state index contributed by atoms with van der Waals surface area (Å²) in [4.78, 5) is 5.53. The summed E-state index contributed by atoms with van der Waals surface area (Å²) in [6.45, 7) is 2.00. The lowest BCUT2D eigenvalue weighted by atomic mass is 10.2. The van der Waals surface area contributed by atoms with Gasteiger partial charge in [0, 0.05) is 27.0 Å². The van der Waals surface area contributed by atoms with Crippen LogP contribution >= 0.6 is 50.6 Å². The molecule has 96 valence electrons. The molecule has 0 saturated heterocycles. The highest BCUT2D eigenvalue weighted by Gasteiger charge is 2.21. The Morgan fingerprint density at radius 3 is 2.89 bits per heavy atom. The number of halogens is 2. The van der Waals surface area contributed by atoms with Crippen LogP contribution in [0.15, 0.2) is 39.3 Å². The molecule has 18 heavy (non-hydrogen) atoms. The molecule has 2 heterocycles. The minimum absolute atomic E-state index is 0.0265. The number of thioether (sulfide) groups is 1. The third kappa shape index (κ3) is 3.48. The molecular formula is C12H12BrClN2S2. The van der Waals surface area contributed by atoms with Crippen LogP contribution in [0.5, 0.6) is 0 Å². The smallest absolute Gasteiger partial charge is 0.115 e. The molecule has 2 unspecified atom stereocenters. The van der Waals surface area contributed by atoms with E-state index in [4.69, 9.17) is 17.3 Å². The van der Waals surface area contributed by atoms with Crippen molar-refractivity contribution in [1.82, 2.24) is 4.98 Å². The third-order valence-corrected chi connectivity index (χ3v) is 6.14. The van der Waals surface area contributed by atoms with Gasteiger partial charge in [-0.05, 0) is 41.1 Å². The van der Waals surface area contributed by atoms with Crippen LogP contribution in [0.3, 0.4) is 0 Å². The maximum Gasteiger partial charge on any atom is 0.115 e. The number of pyridine rings is 1. The van der Waals surface area contributed by atoms with Crippen LogP contribution < -0.4 is 5.73 Å². The first-order valence-corrected chi connectivity index (χ1v) is 8.27. The van der Waals surface area contributed by atoms with Gasteiger partial charge in [-0.3, -0.25) is 0 Å². The second-order valence-electron chi connectivity index (χ2n) is 3.86. The fourth-order valence-electron chi connectivity index (χ4n) is 1.48. The predicted molar refractivity (Wildman–Crippen MR) is 83.5 cm³/mol. The lowest BCUT2D eigenvalue weighted by Gasteiger charge is -2.18. The molecule has 0 amide bonds. The van der Waals surface area contributed by atoms with Gasteiger partial charge in [-0.2, -0.15) is 0 Å². The SMILES string of the molecule is CC(N)C(Sc1ncccc1Cl)c1cc(Br)cs1. The molecule has 0 saturated carbocycles. The van der Waals surface area contributed by atoms with Crippen molar-refractivity contribution < 1.29 is 0 Å². The first-order valence-electron chi connectivity index (χ1n) is 5.34.